The number of carbonyl (C=O) groups excluding carboxylic acids is 6. The molecule has 2 fully saturated rings. The van der Waals surface area contributed by atoms with Crippen molar-refractivity contribution in [2.24, 2.45) is 11.7 Å². The molecule has 3 heterocycles. The molecule has 61 heavy (non-hydrogen) atoms. The van der Waals surface area contributed by atoms with Crippen molar-refractivity contribution >= 4 is 46.3 Å². The molecule has 5 amide bonds. The van der Waals surface area contributed by atoms with Crippen LogP contribution in [0.3, 0.4) is 0 Å². The zero-order chi connectivity index (χ0) is 43.5. The molecule has 4 atom stereocenters. The SMILES string of the molecule is CC(C)(O)c1cnnn1[C@H]1C[C@@H](C(=O)NC(CCCCNC(=O)OCc2ccccc2)C(=O)C(N)=O)N(C(=O)[C@@H](CC2CCCCC2)NC(=O)c2cccc3cnccc23)C1. The predicted molar refractivity (Wildman–Crippen MR) is 223 cm³/mol. The van der Waals surface area contributed by atoms with Gasteiger partial charge in [0.15, 0.2) is 0 Å². The lowest BCUT2D eigenvalue weighted by Crippen LogP contribution is -2.56. The van der Waals surface area contributed by atoms with E-state index in [0.717, 1.165) is 43.1 Å². The Morgan fingerprint density at radius 2 is 1.70 bits per heavy atom. The monoisotopic (exact) mass is 837 g/mol. The third kappa shape index (κ3) is 11.5. The summed E-state index contributed by atoms with van der Waals surface area (Å²) in [5.41, 5.74) is 5.64. The number of hydrogen-bond donors (Lipinski definition) is 5. The molecule has 17 nitrogen and oxygen atoms in total. The summed E-state index contributed by atoms with van der Waals surface area (Å²) in [6.07, 6.45) is 10.0. The van der Waals surface area contributed by atoms with Gasteiger partial charge in [0.1, 0.15) is 24.3 Å². The zero-order valence-corrected chi connectivity index (χ0v) is 34.6. The molecule has 0 spiro atoms. The number of Topliss-reactive ketones (excluding diaryl/α,β-unsaturated/α-hetero) is 1. The second kappa shape index (κ2) is 20.4. The summed E-state index contributed by atoms with van der Waals surface area (Å²) in [5, 5.41) is 29.0. The molecule has 1 aliphatic carbocycles. The Morgan fingerprint density at radius 1 is 0.934 bits per heavy atom. The average molecular weight is 838 g/mol. The summed E-state index contributed by atoms with van der Waals surface area (Å²) in [4.78, 5) is 86.5. The Morgan fingerprint density at radius 3 is 2.44 bits per heavy atom. The van der Waals surface area contributed by atoms with Gasteiger partial charge in [0.25, 0.3) is 11.8 Å². The number of aliphatic hydroxyl groups is 1. The van der Waals surface area contributed by atoms with Crippen LogP contribution in [0.5, 0.6) is 0 Å². The van der Waals surface area contributed by atoms with Gasteiger partial charge in [-0.3, -0.25) is 29.0 Å². The molecule has 1 aliphatic heterocycles. The molecule has 6 rings (SSSR count). The average Bonchev–Trinajstić information content (AvgIpc) is 3.94. The fraction of sp³-hybridized carbons (Fsp3) is 0.477. The van der Waals surface area contributed by atoms with Crippen molar-refractivity contribution in [1.82, 2.24) is 40.8 Å². The molecule has 324 valence electrons. The first kappa shape index (κ1) is 44.3. The second-order valence-electron chi connectivity index (χ2n) is 16.5. The summed E-state index contributed by atoms with van der Waals surface area (Å²) < 4.78 is 6.74. The Kier molecular flexibility index (Phi) is 14.8. The lowest BCUT2D eigenvalue weighted by atomic mass is 9.84. The number of pyridine rings is 1. The smallest absolute Gasteiger partial charge is 0.407 e. The number of unbranched alkanes of at least 4 members (excludes halogenated alkanes) is 1. The number of nitrogens with zero attached hydrogens (tertiary/aromatic N) is 5. The number of amides is 5. The highest BCUT2D eigenvalue weighted by Gasteiger charge is 2.45. The molecule has 6 N–H and O–H groups in total. The van der Waals surface area contributed by atoms with Gasteiger partial charge in [0.05, 0.1) is 24.0 Å². The highest BCUT2D eigenvalue weighted by atomic mass is 16.5. The van der Waals surface area contributed by atoms with Crippen LogP contribution < -0.4 is 21.7 Å². The number of nitrogens with two attached hydrogens (primary N) is 1. The highest BCUT2D eigenvalue weighted by Crippen LogP contribution is 2.34. The molecule has 1 saturated heterocycles. The van der Waals surface area contributed by atoms with E-state index in [2.05, 4.69) is 31.2 Å². The Labute approximate surface area is 354 Å². The van der Waals surface area contributed by atoms with Gasteiger partial charge in [0.2, 0.25) is 17.6 Å². The number of rotatable bonds is 18. The van der Waals surface area contributed by atoms with Crippen molar-refractivity contribution in [3.63, 3.8) is 0 Å². The Balaban J connectivity index is 1.20. The quantitative estimate of drug-likeness (QED) is 0.0717. The van der Waals surface area contributed by atoms with E-state index in [1.807, 2.05) is 36.4 Å². The first-order chi connectivity index (χ1) is 29.3. The maximum absolute atomic E-state index is 15.0. The Hall–Kier alpha value is -6.23. The van der Waals surface area contributed by atoms with E-state index in [1.54, 1.807) is 44.4 Å². The molecule has 2 aromatic heterocycles. The van der Waals surface area contributed by atoms with E-state index in [4.69, 9.17) is 10.5 Å². The lowest BCUT2D eigenvalue weighted by molar-refractivity contribution is -0.142. The van der Waals surface area contributed by atoms with Gasteiger partial charge < -0.3 is 36.4 Å². The van der Waals surface area contributed by atoms with E-state index in [0.29, 0.717) is 35.9 Å². The molecule has 0 radical (unpaired) electrons. The molecular formula is C44H55N9O8. The van der Waals surface area contributed by atoms with E-state index in [9.17, 15) is 33.9 Å². The number of carbonyl (C=O) groups is 6. The third-order valence-electron chi connectivity index (χ3n) is 11.5. The van der Waals surface area contributed by atoms with E-state index in [-0.39, 0.29) is 38.5 Å². The molecular weight excluding hydrogens is 783 g/mol. The largest absolute Gasteiger partial charge is 0.445 e. The van der Waals surface area contributed by atoms with Crippen molar-refractivity contribution in [3.05, 3.63) is 90.0 Å². The number of benzene rings is 2. The maximum atomic E-state index is 15.0. The Bertz CT molecular complexity index is 2180. The van der Waals surface area contributed by atoms with Crippen LogP contribution in [0.15, 0.2) is 73.2 Å². The lowest BCUT2D eigenvalue weighted by Gasteiger charge is -2.32. The minimum Gasteiger partial charge on any atom is -0.445 e. The molecule has 2 aliphatic rings. The van der Waals surface area contributed by atoms with E-state index in [1.165, 1.54) is 15.8 Å². The standard InChI is InChI=1S/C44H55N9O8/c1-44(2,60)37-25-48-51-53(37)31-23-36(41(57)49-34(38(54)39(45)55)18-9-10-20-47-43(59)61-27-29-14-7-4-8-15-29)52(26-31)42(58)35(22-28-12-5-3-6-13-28)50-40(56)33-17-11-16-30-24-46-21-19-32(30)33/h4,7-8,11,14-17,19,21,24-25,28,31,34-36,60H,3,5-6,9-10,12-13,18,20,22-23,26-27H2,1-2H3,(H2,45,55)(H,47,59)(H,49,57)(H,50,56)/t31-,34?,35+,36-/m0/s1. The van der Waals surface area contributed by atoms with Crippen LogP contribution in [0, 0.1) is 5.92 Å². The van der Waals surface area contributed by atoms with Crippen LogP contribution in [0.25, 0.3) is 10.8 Å². The van der Waals surface area contributed by atoms with Crippen LogP contribution in [-0.4, -0.2) is 96.7 Å². The minimum absolute atomic E-state index is 0.0190. The fourth-order valence-corrected chi connectivity index (χ4v) is 8.32. The molecule has 1 unspecified atom stereocenters. The van der Waals surface area contributed by atoms with Gasteiger partial charge in [-0.1, -0.05) is 79.8 Å². The van der Waals surface area contributed by atoms with Gasteiger partial charge in [-0.15, -0.1) is 5.10 Å². The number of hydrogen-bond acceptors (Lipinski definition) is 11. The molecule has 2 aromatic carbocycles. The van der Waals surface area contributed by atoms with Crippen LogP contribution in [-0.2, 0) is 36.1 Å². The highest BCUT2D eigenvalue weighted by molar-refractivity contribution is 6.37. The minimum atomic E-state index is -1.36. The number of alkyl carbamates (subject to hydrolysis) is 1. The van der Waals surface area contributed by atoms with Gasteiger partial charge in [-0.05, 0) is 68.5 Å². The first-order valence-corrected chi connectivity index (χ1v) is 21.0. The summed E-state index contributed by atoms with van der Waals surface area (Å²) in [6, 6.07) is 12.1. The number of primary amides is 1. The molecule has 0 bridgehead atoms. The summed E-state index contributed by atoms with van der Waals surface area (Å²) in [7, 11) is 0. The molecule has 1 saturated carbocycles. The topological polar surface area (TPSA) is 241 Å². The predicted octanol–water partition coefficient (Wildman–Crippen LogP) is 3.60. The normalized spacial score (nSPS) is 17.9. The third-order valence-corrected chi connectivity index (χ3v) is 11.5. The summed E-state index contributed by atoms with van der Waals surface area (Å²) in [6.45, 7) is 3.43. The summed E-state index contributed by atoms with van der Waals surface area (Å²) >= 11 is 0. The summed E-state index contributed by atoms with van der Waals surface area (Å²) in [5.74, 6) is -3.73. The van der Waals surface area contributed by atoms with Crippen LogP contribution >= 0.6 is 0 Å². The second-order valence-corrected chi connectivity index (χ2v) is 16.5. The fourth-order valence-electron chi connectivity index (χ4n) is 8.32. The van der Waals surface area contributed by atoms with Gasteiger partial charge in [-0.25, -0.2) is 9.48 Å². The van der Waals surface area contributed by atoms with Crippen molar-refractivity contribution < 1.29 is 38.6 Å². The van der Waals surface area contributed by atoms with E-state index < -0.39 is 65.3 Å². The molecule has 17 heteroatoms. The number of fused-ring (bicyclic) bond motifs is 1. The van der Waals surface area contributed by atoms with E-state index >= 15 is 0 Å². The first-order valence-electron chi connectivity index (χ1n) is 21.0. The van der Waals surface area contributed by atoms with Crippen molar-refractivity contribution in [2.75, 3.05) is 13.1 Å². The van der Waals surface area contributed by atoms with Crippen molar-refractivity contribution in [2.45, 2.75) is 114 Å². The van der Waals surface area contributed by atoms with Crippen LogP contribution in [0.4, 0.5) is 4.79 Å². The van der Waals surface area contributed by atoms with Crippen LogP contribution in [0.1, 0.15) is 106 Å². The maximum Gasteiger partial charge on any atom is 0.407 e. The number of ether oxygens (including phenoxy) is 1. The number of likely N-dealkylation sites (tertiary alicyclic amines) is 1. The van der Waals surface area contributed by atoms with Crippen molar-refractivity contribution in [3.8, 4) is 0 Å². The number of ketones is 1. The van der Waals surface area contributed by atoms with Crippen LogP contribution in [0.2, 0.25) is 0 Å². The number of aromatic nitrogens is 4. The zero-order valence-electron chi connectivity index (χ0n) is 34.6. The van der Waals surface area contributed by atoms with Gasteiger partial charge in [-0.2, -0.15) is 0 Å². The van der Waals surface area contributed by atoms with Crippen molar-refractivity contribution in [1.29, 1.82) is 0 Å². The van der Waals surface area contributed by atoms with Gasteiger partial charge in [0, 0.05) is 42.9 Å². The number of nitrogens with one attached hydrogen (secondary N) is 3. The van der Waals surface area contributed by atoms with Gasteiger partial charge >= 0.3 is 6.09 Å². The molecule has 4 aromatic rings.